The van der Waals surface area contributed by atoms with Gasteiger partial charge in [-0.05, 0) is 44.0 Å². The third-order valence-electron chi connectivity index (χ3n) is 5.30. The van der Waals surface area contributed by atoms with Crippen LogP contribution in [-0.2, 0) is 14.8 Å². The lowest BCUT2D eigenvalue weighted by molar-refractivity contribution is -0.126. The Labute approximate surface area is 187 Å². The first-order valence-electron chi connectivity index (χ1n) is 9.62. The first-order chi connectivity index (χ1) is 14.2. The Hall–Kier alpha value is -1.80. The maximum atomic E-state index is 12.9. The fourth-order valence-electron chi connectivity index (χ4n) is 3.61. The van der Waals surface area contributed by atoms with E-state index in [1.807, 2.05) is 31.2 Å². The minimum atomic E-state index is -3.77. The molecule has 2 aromatic carbocycles. The van der Waals surface area contributed by atoms with E-state index in [-0.39, 0.29) is 40.9 Å². The van der Waals surface area contributed by atoms with Crippen molar-refractivity contribution in [3.05, 3.63) is 58.1 Å². The molecule has 6 nitrogen and oxygen atoms in total. The zero-order chi connectivity index (χ0) is 21.9. The van der Waals surface area contributed by atoms with Gasteiger partial charge in [0.25, 0.3) is 0 Å². The number of halogens is 2. The van der Waals surface area contributed by atoms with Crippen LogP contribution < -0.4 is 10.1 Å². The number of nitrogens with one attached hydrogen (secondary N) is 1. The highest BCUT2D eigenvalue weighted by molar-refractivity contribution is 7.89. The van der Waals surface area contributed by atoms with Gasteiger partial charge in [-0.15, -0.1) is 0 Å². The van der Waals surface area contributed by atoms with E-state index in [2.05, 4.69) is 5.32 Å². The second kappa shape index (κ2) is 9.56. The smallest absolute Gasteiger partial charge is 0.244 e. The standard InChI is InChI=1S/C21H24Cl2N2O4S/c1-14(17-5-3-4-6-19(17)29-2)24-21(26)15-9-11-25(12-10-15)30(27,28)20-13-16(22)7-8-18(20)23/h3-8,13-15H,9-12H2,1-2H3,(H,24,26). The van der Waals surface area contributed by atoms with Gasteiger partial charge in [0.05, 0.1) is 18.2 Å². The van der Waals surface area contributed by atoms with E-state index in [1.54, 1.807) is 13.2 Å². The number of rotatable bonds is 6. The van der Waals surface area contributed by atoms with Crippen molar-refractivity contribution in [1.29, 1.82) is 0 Å². The maximum Gasteiger partial charge on any atom is 0.244 e. The van der Waals surface area contributed by atoms with E-state index >= 15 is 0 Å². The molecule has 1 unspecified atom stereocenters. The van der Waals surface area contributed by atoms with Gasteiger partial charge in [0, 0.05) is 29.6 Å². The number of nitrogens with zero attached hydrogens (tertiary/aromatic N) is 1. The quantitative estimate of drug-likeness (QED) is 0.683. The minimum absolute atomic E-state index is 0.00985. The molecule has 0 radical (unpaired) electrons. The van der Waals surface area contributed by atoms with Gasteiger partial charge in [-0.25, -0.2) is 8.42 Å². The number of para-hydroxylation sites is 1. The van der Waals surface area contributed by atoms with E-state index in [0.717, 1.165) is 5.56 Å². The lowest BCUT2D eigenvalue weighted by atomic mass is 9.96. The minimum Gasteiger partial charge on any atom is -0.496 e. The SMILES string of the molecule is COc1ccccc1C(C)NC(=O)C1CCN(S(=O)(=O)c2cc(Cl)ccc2Cl)CC1. The Morgan fingerprint density at radius 2 is 1.83 bits per heavy atom. The fraction of sp³-hybridized carbons (Fsp3) is 0.381. The average Bonchev–Trinajstić information content (AvgIpc) is 2.75. The van der Waals surface area contributed by atoms with Gasteiger partial charge in [0.1, 0.15) is 10.6 Å². The molecule has 1 fully saturated rings. The predicted molar refractivity (Wildman–Crippen MR) is 117 cm³/mol. The Balaban J connectivity index is 1.63. The number of carbonyl (C=O) groups excluding carboxylic acids is 1. The zero-order valence-electron chi connectivity index (χ0n) is 16.8. The molecule has 30 heavy (non-hydrogen) atoms. The summed E-state index contributed by atoms with van der Waals surface area (Å²) in [6.45, 7) is 2.38. The van der Waals surface area contributed by atoms with Crippen molar-refractivity contribution in [2.24, 2.45) is 5.92 Å². The van der Waals surface area contributed by atoms with Crippen LogP contribution in [-0.4, -0.2) is 38.8 Å². The number of hydrogen-bond acceptors (Lipinski definition) is 4. The summed E-state index contributed by atoms with van der Waals surface area (Å²) in [6, 6.07) is 11.7. The van der Waals surface area contributed by atoms with Crippen LogP contribution in [0.1, 0.15) is 31.4 Å². The van der Waals surface area contributed by atoms with E-state index in [9.17, 15) is 13.2 Å². The third kappa shape index (κ3) is 4.91. The molecule has 1 amide bonds. The summed E-state index contributed by atoms with van der Waals surface area (Å²) in [5.74, 6) is 0.360. The molecule has 0 bridgehead atoms. The summed E-state index contributed by atoms with van der Waals surface area (Å²) in [6.07, 6.45) is 0.865. The number of piperidine rings is 1. The van der Waals surface area contributed by atoms with E-state index in [4.69, 9.17) is 27.9 Å². The largest absolute Gasteiger partial charge is 0.496 e. The Kier molecular flexibility index (Phi) is 7.29. The highest BCUT2D eigenvalue weighted by Gasteiger charge is 2.33. The monoisotopic (exact) mass is 470 g/mol. The Bertz CT molecular complexity index is 1020. The zero-order valence-corrected chi connectivity index (χ0v) is 19.1. The van der Waals surface area contributed by atoms with Crippen molar-refractivity contribution < 1.29 is 17.9 Å². The molecule has 1 saturated heterocycles. The highest BCUT2D eigenvalue weighted by Crippen LogP contribution is 2.31. The predicted octanol–water partition coefficient (Wildman–Crippen LogP) is 4.28. The third-order valence-corrected chi connectivity index (χ3v) is 7.92. The molecule has 9 heteroatoms. The summed E-state index contributed by atoms with van der Waals surface area (Å²) in [4.78, 5) is 12.7. The second-order valence-electron chi connectivity index (χ2n) is 7.23. The summed E-state index contributed by atoms with van der Waals surface area (Å²) >= 11 is 12.0. The van der Waals surface area contributed by atoms with E-state index in [1.165, 1.54) is 16.4 Å². The van der Waals surface area contributed by atoms with Gasteiger partial charge in [-0.2, -0.15) is 4.31 Å². The van der Waals surface area contributed by atoms with E-state index < -0.39 is 10.0 Å². The molecule has 1 atom stereocenters. The summed E-state index contributed by atoms with van der Waals surface area (Å²) in [7, 11) is -2.18. The number of amides is 1. The molecule has 0 aromatic heterocycles. The summed E-state index contributed by atoms with van der Waals surface area (Å²) in [5.41, 5.74) is 0.893. The van der Waals surface area contributed by atoms with Crippen molar-refractivity contribution in [3.63, 3.8) is 0 Å². The highest BCUT2D eigenvalue weighted by atomic mass is 35.5. The van der Waals surface area contributed by atoms with Crippen molar-refractivity contribution in [2.75, 3.05) is 20.2 Å². The topological polar surface area (TPSA) is 75.7 Å². The normalized spacial score (nSPS) is 16.8. The fourth-order valence-corrected chi connectivity index (χ4v) is 5.81. The Morgan fingerprint density at radius 1 is 1.17 bits per heavy atom. The van der Waals surface area contributed by atoms with Gasteiger partial charge in [0.2, 0.25) is 15.9 Å². The van der Waals surface area contributed by atoms with Crippen LogP contribution in [0, 0.1) is 5.92 Å². The first-order valence-corrected chi connectivity index (χ1v) is 11.8. The van der Waals surface area contributed by atoms with Gasteiger partial charge in [-0.3, -0.25) is 4.79 Å². The molecule has 0 spiro atoms. The van der Waals surface area contributed by atoms with Gasteiger partial charge in [0.15, 0.2) is 0 Å². The second-order valence-corrected chi connectivity index (χ2v) is 9.98. The van der Waals surface area contributed by atoms with Gasteiger partial charge >= 0.3 is 0 Å². The lowest BCUT2D eigenvalue weighted by Gasteiger charge is -2.31. The molecule has 1 aliphatic rings. The molecular formula is C21H24Cl2N2O4S. The molecule has 1 N–H and O–H groups in total. The average molecular weight is 471 g/mol. The van der Waals surface area contributed by atoms with Crippen molar-refractivity contribution >= 4 is 39.1 Å². The van der Waals surface area contributed by atoms with Crippen LogP contribution in [0.4, 0.5) is 0 Å². The molecular weight excluding hydrogens is 447 g/mol. The van der Waals surface area contributed by atoms with Crippen molar-refractivity contribution in [1.82, 2.24) is 9.62 Å². The molecule has 0 aliphatic carbocycles. The number of methoxy groups -OCH3 is 1. The summed E-state index contributed by atoms with van der Waals surface area (Å²) in [5, 5.41) is 3.45. The number of carbonyl (C=O) groups is 1. The van der Waals surface area contributed by atoms with Crippen LogP contribution in [0.2, 0.25) is 10.0 Å². The number of benzene rings is 2. The number of ether oxygens (including phenoxy) is 1. The molecule has 1 aliphatic heterocycles. The Morgan fingerprint density at radius 3 is 2.50 bits per heavy atom. The molecule has 162 valence electrons. The number of sulfonamides is 1. The van der Waals surface area contributed by atoms with Crippen LogP contribution in [0.3, 0.4) is 0 Å². The first kappa shape index (κ1) is 22.9. The number of hydrogen-bond donors (Lipinski definition) is 1. The maximum absolute atomic E-state index is 12.9. The molecule has 3 rings (SSSR count). The lowest BCUT2D eigenvalue weighted by Crippen LogP contribution is -2.43. The van der Waals surface area contributed by atoms with E-state index in [0.29, 0.717) is 23.6 Å². The molecule has 1 heterocycles. The van der Waals surface area contributed by atoms with Gasteiger partial charge in [-0.1, -0.05) is 41.4 Å². The van der Waals surface area contributed by atoms with Crippen molar-refractivity contribution in [2.45, 2.75) is 30.7 Å². The summed E-state index contributed by atoms with van der Waals surface area (Å²) < 4.78 is 32.6. The van der Waals surface area contributed by atoms with Crippen LogP contribution in [0.25, 0.3) is 0 Å². The molecule has 0 saturated carbocycles. The molecule has 2 aromatic rings. The van der Waals surface area contributed by atoms with Gasteiger partial charge < -0.3 is 10.1 Å². The van der Waals surface area contributed by atoms with Crippen LogP contribution >= 0.6 is 23.2 Å². The van der Waals surface area contributed by atoms with Crippen molar-refractivity contribution in [3.8, 4) is 5.75 Å². The van der Waals surface area contributed by atoms with Crippen LogP contribution in [0.15, 0.2) is 47.4 Å². The van der Waals surface area contributed by atoms with Crippen LogP contribution in [0.5, 0.6) is 5.75 Å².